The van der Waals surface area contributed by atoms with E-state index < -0.39 is 17.9 Å². The molecule has 0 aliphatic heterocycles. The molecule has 2 atom stereocenters. The van der Waals surface area contributed by atoms with E-state index in [4.69, 9.17) is 4.74 Å². The van der Waals surface area contributed by atoms with E-state index in [-0.39, 0.29) is 18.2 Å². The molecule has 0 radical (unpaired) electrons. The summed E-state index contributed by atoms with van der Waals surface area (Å²) in [6.45, 7) is 11.2. The monoisotopic (exact) mass is 532 g/mol. The standard InChI is InChI=1S/C27H30F4N4O.C2H6/c1-6-8-23(27(29,30)31)35-24(16(3)7-2)17(4)34-26-21-13-19(18-9-11-20(28)12-10-18)14-22(36-5)25(21)32-15-33-26;1-2/h8-17H,6-7H2,1-5H3,(H,32,33,34);1-2H3/b23-8-,35-24?;. The molecule has 3 aromatic rings. The fourth-order valence-electron chi connectivity index (χ4n) is 3.89. The molecule has 3 rings (SSSR count). The zero-order chi connectivity index (χ0) is 28.5. The zero-order valence-corrected chi connectivity index (χ0v) is 22.9. The average molecular weight is 533 g/mol. The number of aromatic nitrogens is 2. The molecule has 0 bridgehead atoms. The lowest BCUT2D eigenvalue weighted by atomic mass is 9.96. The molecule has 0 spiro atoms. The minimum atomic E-state index is -4.55. The number of nitrogens with zero attached hydrogens (tertiary/aromatic N) is 3. The molecule has 1 N–H and O–H groups in total. The van der Waals surface area contributed by atoms with Crippen LogP contribution in [0.25, 0.3) is 22.0 Å². The molecule has 5 nitrogen and oxygen atoms in total. The van der Waals surface area contributed by atoms with Gasteiger partial charge in [0.15, 0.2) is 0 Å². The second-order valence-electron chi connectivity index (χ2n) is 8.51. The summed E-state index contributed by atoms with van der Waals surface area (Å²) in [5, 5.41) is 3.86. The second kappa shape index (κ2) is 13.9. The number of alkyl halides is 3. The number of benzene rings is 2. The van der Waals surface area contributed by atoms with Crippen molar-refractivity contribution in [2.45, 2.75) is 66.6 Å². The number of fused-ring (bicyclic) bond motifs is 1. The van der Waals surface area contributed by atoms with E-state index in [2.05, 4.69) is 20.3 Å². The molecule has 1 heterocycles. The number of allylic oxidation sites excluding steroid dienone is 2. The highest BCUT2D eigenvalue weighted by atomic mass is 19.4. The Morgan fingerprint density at radius 1 is 1.05 bits per heavy atom. The third-order valence-electron chi connectivity index (χ3n) is 5.95. The van der Waals surface area contributed by atoms with Gasteiger partial charge in [-0.1, -0.05) is 52.8 Å². The Bertz CT molecular complexity index is 1250. The summed E-state index contributed by atoms with van der Waals surface area (Å²) in [5.41, 5.74) is 1.54. The smallest absolute Gasteiger partial charge is 0.433 e. The zero-order valence-electron chi connectivity index (χ0n) is 22.9. The third kappa shape index (κ3) is 7.52. The van der Waals surface area contributed by atoms with E-state index in [1.807, 2.05) is 33.8 Å². The van der Waals surface area contributed by atoms with Crippen LogP contribution in [0.1, 0.15) is 54.4 Å². The predicted molar refractivity (Wildman–Crippen MR) is 147 cm³/mol. The van der Waals surface area contributed by atoms with Crippen molar-refractivity contribution in [3.8, 4) is 16.9 Å². The number of rotatable bonds is 9. The molecule has 9 heteroatoms. The summed E-state index contributed by atoms with van der Waals surface area (Å²) in [6.07, 6.45) is -1.25. The van der Waals surface area contributed by atoms with E-state index >= 15 is 0 Å². The second-order valence-corrected chi connectivity index (χ2v) is 8.51. The van der Waals surface area contributed by atoms with Crippen molar-refractivity contribution < 1.29 is 22.3 Å². The number of aliphatic imine (C=N–C) groups is 1. The van der Waals surface area contributed by atoms with Crippen molar-refractivity contribution in [3.05, 3.63) is 60.3 Å². The average Bonchev–Trinajstić information content (AvgIpc) is 2.91. The number of nitrogens with one attached hydrogen (secondary N) is 1. The number of halogens is 4. The molecule has 2 unspecified atom stereocenters. The van der Waals surface area contributed by atoms with Gasteiger partial charge in [-0.25, -0.2) is 14.4 Å². The van der Waals surface area contributed by atoms with Gasteiger partial charge in [-0.2, -0.15) is 13.2 Å². The van der Waals surface area contributed by atoms with E-state index in [0.717, 1.165) is 17.2 Å². The van der Waals surface area contributed by atoms with E-state index in [1.165, 1.54) is 25.6 Å². The Morgan fingerprint density at radius 3 is 2.26 bits per heavy atom. The maximum atomic E-state index is 13.6. The molecule has 38 heavy (non-hydrogen) atoms. The first kappa shape index (κ1) is 30.7. The van der Waals surface area contributed by atoms with Crippen molar-refractivity contribution in [1.82, 2.24) is 9.97 Å². The molecule has 0 fully saturated rings. The largest absolute Gasteiger partial charge is 0.494 e. The van der Waals surface area contributed by atoms with Crippen molar-refractivity contribution >= 4 is 22.4 Å². The van der Waals surface area contributed by atoms with Gasteiger partial charge in [0.05, 0.1) is 13.2 Å². The number of methoxy groups -OCH3 is 1. The lowest BCUT2D eigenvalue weighted by Gasteiger charge is -2.23. The van der Waals surface area contributed by atoms with Crippen molar-refractivity contribution in [2.75, 3.05) is 12.4 Å². The van der Waals surface area contributed by atoms with Gasteiger partial charge in [-0.3, -0.25) is 4.99 Å². The molecule has 206 valence electrons. The summed E-state index contributed by atoms with van der Waals surface area (Å²) >= 11 is 0. The van der Waals surface area contributed by atoms with Crippen molar-refractivity contribution in [2.24, 2.45) is 10.9 Å². The lowest BCUT2D eigenvalue weighted by Crippen LogP contribution is -2.32. The van der Waals surface area contributed by atoms with Gasteiger partial charge in [0.25, 0.3) is 0 Å². The first-order valence-corrected chi connectivity index (χ1v) is 12.8. The Labute approximate surface area is 222 Å². The van der Waals surface area contributed by atoms with E-state index in [1.54, 1.807) is 32.0 Å². The maximum Gasteiger partial charge on any atom is 0.433 e. The summed E-state index contributed by atoms with van der Waals surface area (Å²) in [7, 11) is 1.52. The van der Waals surface area contributed by atoms with Crippen LogP contribution in [0, 0.1) is 11.7 Å². The minimum absolute atomic E-state index is 0.201. The molecule has 0 saturated carbocycles. The van der Waals surface area contributed by atoms with Gasteiger partial charge in [0.1, 0.15) is 34.9 Å². The molecular formula is C29H36F4N4O. The van der Waals surface area contributed by atoms with Gasteiger partial charge in [-0.05, 0) is 61.1 Å². The molecule has 0 saturated heterocycles. The van der Waals surface area contributed by atoms with Crippen LogP contribution in [0.4, 0.5) is 23.4 Å². The Kier molecular flexibility index (Phi) is 11.2. The van der Waals surface area contributed by atoms with Crippen LogP contribution < -0.4 is 10.1 Å². The van der Waals surface area contributed by atoms with E-state index in [0.29, 0.717) is 34.6 Å². The quantitative estimate of drug-likeness (QED) is 0.221. The minimum Gasteiger partial charge on any atom is -0.494 e. The van der Waals surface area contributed by atoms with Gasteiger partial charge in [0, 0.05) is 11.1 Å². The summed E-state index contributed by atoms with van der Waals surface area (Å²) in [4.78, 5) is 12.8. The SMILES string of the molecule is CC.CC/C=C(\N=C(C(C)CC)C(C)Nc1ncnc2c(OC)cc(-c3ccc(F)cc3)cc12)C(F)(F)F. The summed E-state index contributed by atoms with van der Waals surface area (Å²) < 4.78 is 59.8. The number of hydrogen-bond donors (Lipinski definition) is 1. The van der Waals surface area contributed by atoms with Crippen LogP contribution in [0.3, 0.4) is 0 Å². The number of hydrogen-bond acceptors (Lipinski definition) is 5. The first-order valence-electron chi connectivity index (χ1n) is 12.8. The van der Waals surface area contributed by atoms with Crippen molar-refractivity contribution in [1.29, 1.82) is 0 Å². The number of anilines is 1. The van der Waals surface area contributed by atoms with Gasteiger partial charge in [-0.15, -0.1) is 0 Å². The van der Waals surface area contributed by atoms with Crippen LogP contribution in [-0.2, 0) is 0 Å². The highest BCUT2D eigenvalue weighted by Gasteiger charge is 2.34. The predicted octanol–water partition coefficient (Wildman–Crippen LogP) is 8.61. The topological polar surface area (TPSA) is 59.4 Å². The highest BCUT2D eigenvalue weighted by Crippen LogP contribution is 2.35. The van der Waals surface area contributed by atoms with Crippen molar-refractivity contribution in [3.63, 3.8) is 0 Å². The van der Waals surface area contributed by atoms with Gasteiger partial charge < -0.3 is 10.1 Å². The van der Waals surface area contributed by atoms with Crippen LogP contribution >= 0.6 is 0 Å². The summed E-state index contributed by atoms with van der Waals surface area (Å²) in [6, 6.07) is 9.13. The van der Waals surface area contributed by atoms with E-state index in [9.17, 15) is 17.6 Å². The van der Waals surface area contributed by atoms with Gasteiger partial charge in [0.2, 0.25) is 0 Å². The highest BCUT2D eigenvalue weighted by molar-refractivity contribution is 5.99. The normalized spacial score (nSPS) is 14.0. The molecule has 2 aromatic carbocycles. The maximum absolute atomic E-state index is 13.6. The number of ether oxygens (including phenoxy) is 1. The van der Waals surface area contributed by atoms with Crippen LogP contribution in [0.15, 0.2) is 59.5 Å². The fourth-order valence-corrected chi connectivity index (χ4v) is 3.89. The Balaban J connectivity index is 0.00000247. The molecule has 0 aliphatic carbocycles. The molecule has 0 amide bonds. The Morgan fingerprint density at radius 2 is 1.71 bits per heavy atom. The van der Waals surface area contributed by atoms with Crippen LogP contribution in [-0.4, -0.2) is 35.0 Å². The lowest BCUT2D eigenvalue weighted by molar-refractivity contribution is -0.0926. The molecule has 0 aliphatic rings. The van der Waals surface area contributed by atoms with Gasteiger partial charge >= 0.3 is 6.18 Å². The molecular weight excluding hydrogens is 496 g/mol. The van der Waals surface area contributed by atoms with Crippen LogP contribution in [0.5, 0.6) is 5.75 Å². The fraction of sp³-hybridized carbons (Fsp3) is 0.414. The Hall–Kier alpha value is -3.49. The molecule has 1 aromatic heterocycles. The van der Waals surface area contributed by atoms with Crippen LogP contribution in [0.2, 0.25) is 0 Å². The third-order valence-corrected chi connectivity index (χ3v) is 5.95. The summed E-state index contributed by atoms with van der Waals surface area (Å²) in [5.74, 6) is 0.371. The first-order chi connectivity index (χ1) is 18.1.